The predicted molar refractivity (Wildman–Crippen MR) is 91.7 cm³/mol. The lowest BCUT2D eigenvalue weighted by Gasteiger charge is -2.27. The minimum Gasteiger partial charge on any atom is -0.484 e. The first-order valence-electron chi connectivity index (χ1n) is 7.26. The van der Waals surface area contributed by atoms with Crippen molar-refractivity contribution in [2.24, 2.45) is 5.73 Å². The van der Waals surface area contributed by atoms with E-state index in [2.05, 4.69) is 41.9 Å². The van der Waals surface area contributed by atoms with Crippen LogP contribution in [0.4, 0.5) is 0 Å². The molecule has 3 heteroatoms. The molecular formula is C18H22BrNO. The van der Waals surface area contributed by atoms with Crippen molar-refractivity contribution in [3.8, 4) is 5.75 Å². The van der Waals surface area contributed by atoms with Gasteiger partial charge in [0.1, 0.15) is 11.9 Å². The van der Waals surface area contributed by atoms with E-state index in [1.807, 2.05) is 37.3 Å². The molecule has 0 heterocycles. The van der Waals surface area contributed by atoms with Crippen molar-refractivity contribution < 1.29 is 4.74 Å². The van der Waals surface area contributed by atoms with Crippen LogP contribution >= 0.6 is 15.9 Å². The minimum absolute atomic E-state index is 0.0375. The molecule has 0 saturated heterocycles. The predicted octanol–water partition coefficient (Wildman–Crippen LogP) is 4.92. The van der Waals surface area contributed by atoms with E-state index in [0.717, 1.165) is 27.8 Å². The summed E-state index contributed by atoms with van der Waals surface area (Å²) in [7, 11) is 0. The van der Waals surface area contributed by atoms with Gasteiger partial charge in [-0.3, -0.25) is 0 Å². The van der Waals surface area contributed by atoms with E-state index >= 15 is 0 Å². The van der Waals surface area contributed by atoms with E-state index < -0.39 is 0 Å². The van der Waals surface area contributed by atoms with Crippen LogP contribution in [0.5, 0.6) is 5.75 Å². The van der Waals surface area contributed by atoms with Crippen LogP contribution in [0, 0.1) is 13.8 Å². The molecule has 0 saturated carbocycles. The number of halogens is 1. The largest absolute Gasteiger partial charge is 0.484 e. The first-order valence-corrected chi connectivity index (χ1v) is 8.06. The van der Waals surface area contributed by atoms with Crippen molar-refractivity contribution in [1.82, 2.24) is 0 Å². The Morgan fingerprint density at radius 3 is 2.48 bits per heavy atom. The number of ether oxygens (including phenoxy) is 1. The van der Waals surface area contributed by atoms with Gasteiger partial charge in [0.25, 0.3) is 0 Å². The Morgan fingerprint density at radius 2 is 1.81 bits per heavy atom. The number of hydrogen-bond donors (Lipinski definition) is 1. The average molecular weight is 348 g/mol. The monoisotopic (exact) mass is 347 g/mol. The Bertz CT molecular complexity index is 612. The minimum atomic E-state index is -0.135. The van der Waals surface area contributed by atoms with Crippen LogP contribution in [0.15, 0.2) is 46.9 Å². The lowest BCUT2D eigenvalue weighted by Crippen LogP contribution is -2.32. The third-order valence-corrected chi connectivity index (χ3v) is 4.25. The number of rotatable bonds is 5. The van der Waals surface area contributed by atoms with Gasteiger partial charge in [-0.15, -0.1) is 0 Å². The van der Waals surface area contributed by atoms with Gasteiger partial charge in [-0.1, -0.05) is 53.2 Å². The van der Waals surface area contributed by atoms with Crippen LogP contribution in [0.25, 0.3) is 0 Å². The molecule has 2 rings (SSSR count). The fourth-order valence-corrected chi connectivity index (χ4v) is 2.68. The van der Waals surface area contributed by atoms with Crippen LogP contribution in [-0.2, 0) is 0 Å². The van der Waals surface area contributed by atoms with Crippen molar-refractivity contribution in [3.05, 3.63) is 63.6 Å². The van der Waals surface area contributed by atoms with E-state index in [1.165, 1.54) is 5.56 Å². The van der Waals surface area contributed by atoms with Gasteiger partial charge in [0.05, 0.1) is 0 Å². The standard InChI is InChI=1S/C18H22BrNO/c1-4-16(20)18(15-8-6-5-7-12(15)2)21-17-11-14(19)10-9-13(17)3/h5-11,16,18H,4,20H2,1-3H3. The normalized spacial score (nSPS) is 13.8. The van der Waals surface area contributed by atoms with Crippen molar-refractivity contribution in [2.45, 2.75) is 39.3 Å². The summed E-state index contributed by atoms with van der Waals surface area (Å²) < 4.78 is 7.30. The molecule has 2 aromatic rings. The highest BCUT2D eigenvalue weighted by molar-refractivity contribution is 9.10. The fourth-order valence-electron chi connectivity index (χ4n) is 2.34. The smallest absolute Gasteiger partial charge is 0.139 e. The summed E-state index contributed by atoms with van der Waals surface area (Å²) in [5.74, 6) is 0.876. The molecule has 2 nitrogen and oxygen atoms in total. The second kappa shape index (κ2) is 7.10. The zero-order chi connectivity index (χ0) is 15.4. The molecule has 0 aliphatic carbocycles. The van der Waals surface area contributed by atoms with Gasteiger partial charge < -0.3 is 10.5 Å². The molecule has 0 spiro atoms. The van der Waals surface area contributed by atoms with Crippen LogP contribution in [0.1, 0.15) is 36.1 Å². The van der Waals surface area contributed by atoms with E-state index in [1.54, 1.807) is 0 Å². The maximum atomic E-state index is 6.32. The highest BCUT2D eigenvalue weighted by atomic mass is 79.9. The second-order valence-electron chi connectivity index (χ2n) is 5.38. The molecule has 0 aliphatic heterocycles. The van der Waals surface area contributed by atoms with Crippen molar-refractivity contribution in [2.75, 3.05) is 0 Å². The van der Waals surface area contributed by atoms with Gasteiger partial charge in [-0.2, -0.15) is 0 Å². The van der Waals surface area contributed by atoms with Gasteiger partial charge >= 0.3 is 0 Å². The highest BCUT2D eigenvalue weighted by Crippen LogP contribution is 2.31. The Morgan fingerprint density at radius 1 is 1.10 bits per heavy atom. The molecule has 0 fully saturated rings. The summed E-state index contributed by atoms with van der Waals surface area (Å²) in [5.41, 5.74) is 9.79. The second-order valence-corrected chi connectivity index (χ2v) is 6.29. The van der Waals surface area contributed by atoms with Crippen molar-refractivity contribution in [3.63, 3.8) is 0 Å². The molecule has 2 N–H and O–H groups in total. The van der Waals surface area contributed by atoms with E-state index in [0.29, 0.717) is 0 Å². The Kier molecular flexibility index (Phi) is 5.43. The number of aryl methyl sites for hydroxylation is 2. The van der Waals surface area contributed by atoms with Crippen LogP contribution in [0.2, 0.25) is 0 Å². The average Bonchev–Trinajstić information content (AvgIpc) is 2.48. The molecule has 21 heavy (non-hydrogen) atoms. The van der Waals surface area contributed by atoms with Crippen molar-refractivity contribution in [1.29, 1.82) is 0 Å². The molecule has 2 aromatic carbocycles. The van der Waals surface area contributed by atoms with E-state index in [4.69, 9.17) is 10.5 Å². The fraction of sp³-hybridized carbons (Fsp3) is 0.333. The molecule has 0 bridgehead atoms. The summed E-state index contributed by atoms with van der Waals surface area (Å²) in [6.07, 6.45) is 0.732. The van der Waals surface area contributed by atoms with Crippen LogP contribution < -0.4 is 10.5 Å². The van der Waals surface area contributed by atoms with Gasteiger partial charge in [-0.05, 0) is 49.1 Å². The highest BCUT2D eigenvalue weighted by Gasteiger charge is 2.22. The summed E-state index contributed by atoms with van der Waals surface area (Å²) in [5, 5.41) is 0. The number of nitrogens with two attached hydrogens (primary N) is 1. The summed E-state index contributed by atoms with van der Waals surface area (Å²) in [4.78, 5) is 0. The third-order valence-electron chi connectivity index (χ3n) is 3.76. The van der Waals surface area contributed by atoms with E-state index in [-0.39, 0.29) is 12.1 Å². The first-order chi connectivity index (χ1) is 10.0. The molecule has 0 amide bonds. The Hall–Kier alpha value is -1.32. The SMILES string of the molecule is CCC(N)C(Oc1cc(Br)ccc1C)c1ccccc1C. The third kappa shape index (κ3) is 3.86. The van der Waals surface area contributed by atoms with Crippen LogP contribution in [0.3, 0.4) is 0 Å². The lowest BCUT2D eigenvalue weighted by atomic mass is 9.96. The summed E-state index contributed by atoms with van der Waals surface area (Å²) >= 11 is 3.50. The first kappa shape index (κ1) is 16.1. The number of benzene rings is 2. The van der Waals surface area contributed by atoms with Gasteiger partial charge in [0, 0.05) is 10.5 Å². The molecular weight excluding hydrogens is 326 g/mol. The summed E-state index contributed by atoms with van der Waals surface area (Å²) in [6, 6.07) is 14.3. The van der Waals surface area contributed by atoms with E-state index in [9.17, 15) is 0 Å². The molecule has 2 unspecified atom stereocenters. The zero-order valence-electron chi connectivity index (χ0n) is 12.8. The molecule has 0 radical (unpaired) electrons. The van der Waals surface area contributed by atoms with Crippen LogP contribution in [-0.4, -0.2) is 6.04 Å². The van der Waals surface area contributed by atoms with Gasteiger partial charge in [-0.25, -0.2) is 0 Å². The lowest BCUT2D eigenvalue weighted by molar-refractivity contribution is 0.169. The Balaban J connectivity index is 2.38. The van der Waals surface area contributed by atoms with Crippen molar-refractivity contribution >= 4 is 15.9 Å². The maximum absolute atomic E-state index is 6.32. The molecule has 112 valence electrons. The summed E-state index contributed by atoms with van der Waals surface area (Å²) in [6.45, 7) is 6.24. The molecule has 2 atom stereocenters. The van der Waals surface area contributed by atoms with Gasteiger partial charge in [0.2, 0.25) is 0 Å². The quantitative estimate of drug-likeness (QED) is 0.832. The Labute approximate surface area is 135 Å². The molecule has 0 aromatic heterocycles. The topological polar surface area (TPSA) is 35.2 Å². The molecule has 0 aliphatic rings. The zero-order valence-corrected chi connectivity index (χ0v) is 14.4. The number of hydrogen-bond acceptors (Lipinski definition) is 2. The maximum Gasteiger partial charge on any atom is 0.139 e. The van der Waals surface area contributed by atoms with Gasteiger partial charge in [0.15, 0.2) is 0 Å².